The van der Waals surface area contributed by atoms with Crippen molar-refractivity contribution in [3.63, 3.8) is 0 Å². The Kier molecular flexibility index (Phi) is 5.24. The minimum Gasteiger partial charge on any atom is -0.385 e. The molecule has 7 heteroatoms. The second kappa shape index (κ2) is 6.93. The molecule has 1 fully saturated rings. The van der Waals surface area contributed by atoms with Crippen molar-refractivity contribution >= 4 is 0 Å². The Bertz CT molecular complexity index is 378. The highest BCUT2D eigenvalue weighted by atomic mass is 16.5. The fourth-order valence-electron chi connectivity index (χ4n) is 2.15. The van der Waals surface area contributed by atoms with Gasteiger partial charge in [0.25, 0.3) is 0 Å². The second-order valence-corrected chi connectivity index (χ2v) is 5.17. The van der Waals surface area contributed by atoms with Gasteiger partial charge in [0.1, 0.15) is 0 Å². The summed E-state index contributed by atoms with van der Waals surface area (Å²) in [5.41, 5.74) is 0.354. The lowest BCUT2D eigenvalue weighted by Gasteiger charge is -2.15. The molecule has 2 rings (SSSR count). The van der Waals surface area contributed by atoms with Crippen molar-refractivity contribution in [1.29, 1.82) is 0 Å². The van der Waals surface area contributed by atoms with Gasteiger partial charge in [-0.25, -0.2) is 4.68 Å². The number of hydrogen-bond acceptors (Lipinski definition) is 6. The van der Waals surface area contributed by atoms with E-state index in [2.05, 4.69) is 20.8 Å². The fourth-order valence-corrected chi connectivity index (χ4v) is 2.15. The van der Waals surface area contributed by atoms with Gasteiger partial charge < -0.3 is 14.8 Å². The number of nitrogens with one attached hydrogen (secondary N) is 1. The molecule has 1 N–H and O–H groups in total. The van der Waals surface area contributed by atoms with Crippen LogP contribution >= 0.6 is 0 Å². The first-order valence-electron chi connectivity index (χ1n) is 6.73. The highest BCUT2D eigenvalue weighted by Crippen LogP contribution is 2.50. The van der Waals surface area contributed by atoms with Gasteiger partial charge in [-0.1, -0.05) is 0 Å². The Morgan fingerprint density at radius 1 is 1.26 bits per heavy atom. The van der Waals surface area contributed by atoms with Gasteiger partial charge in [-0.15, -0.1) is 5.10 Å². The van der Waals surface area contributed by atoms with Crippen LogP contribution in [0.4, 0.5) is 0 Å². The first-order chi connectivity index (χ1) is 9.29. The summed E-state index contributed by atoms with van der Waals surface area (Å²) in [6.45, 7) is 3.88. The van der Waals surface area contributed by atoms with E-state index in [1.807, 2.05) is 4.68 Å². The van der Waals surface area contributed by atoms with Crippen molar-refractivity contribution in [2.24, 2.45) is 5.41 Å². The van der Waals surface area contributed by atoms with Crippen molar-refractivity contribution in [3.05, 3.63) is 5.82 Å². The van der Waals surface area contributed by atoms with Gasteiger partial charge in [-0.05, 0) is 35.1 Å². The molecule has 0 unspecified atom stereocenters. The average molecular weight is 269 g/mol. The van der Waals surface area contributed by atoms with Gasteiger partial charge in [-0.3, -0.25) is 0 Å². The predicted molar refractivity (Wildman–Crippen MR) is 69.6 cm³/mol. The molecule has 1 aromatic heterocycles. The van der Waals surface area contributed by atoms with Crippen molar-refractivity contribution in [2.75, 3.05) is 34.0 Å². The van der Waals surface area contributed by atoms with Crippen LogP contribution in [0.5, 0.6) is 0 Å². The summed E-state index contributed by atoms with van der Waals surface area (Å²) in [7, 11) is 3.44. The zero-order valence-corrected chi connectivity index (χ0v) is 11.8. The molecule has 1 aliphatic rings. The Balaban J connectivity index is 1.82. The van der Waals surface area contributed by atoms with Gasteiger partial charge in [0.05, 0.1) is 19.7 Å². The van der Waals surface area contributed by atoms with Crippen LogP contribution in [0.25, 0.3) is 0 Å². The lowest BCUT2D eigenvalue weighted by molar-refractivity contribution is 0.164. The van der Waals surface area contributed by atoms with Gasteiger partial charge in [0.15, 0.2) is 5.82 Å². The molecule has 1 aromatic rings. The van der Waals surface area contributed by atoms with Crippen LogP contribution in [0.1, 0.15) is 25.1 Å². The molecule has 0 spiro atoms. The third-order valence-corrected chi connectivity index (χ3v) is 3.65. The first-order valence-corrected chi connectivity index (χ1v) is 6.73. The highest BCUT2D eigenvalue weighted by Gasteiger charge is 2.43. The number of aromatic nitrogens is 4. The number of nitrogens with zero attached hydrogens (tertiary/aromatic N) is 4. The molecular weight excluding hydrogens is 246 g/mol. The number of tetrazole rings is 1. The molecule has 0 bridgehead atoms. The molecule has 7 nitrogen and oxygen atoms in total. The Labute approximate surface area is 113 Å². The summed E-state index contributed by atoms with van der Waals surface area (Å²) >= 11 is 0. The molecule has 0 amide bonds. The molecule has 19 heavy (non-hydrogen) atoms. The SMILES string of the molecule is COCCNCc1nnnn1CC1(CCOC)CC1. The van der Waals surface area contributed by atoms with Crippen LogP contribution in [0, 0.1) is 5.41 Å². The zero-order valence-electron chi connectivity index (χ0n) is 11.8. The predicted octanol–water partition coefficient (Wildman–Crippen LogP) is 0.226. The molecule has 108 valence electrons. The summed E-state index contributed by atoms with van der Waals surface area (Å²) in [6.07, 6.45) is 3.57. The number of methoxy groups -OCH3 is 2. The Morgan fingerprint density at radius 3 is 2.74 bits per heavy atom. The monoisotopic (exact) mass is 269 g/mol. The van der Waals surface area contributed by atoms with E-state index in [-0.39, 0.29) is 0 Å². The van der Waals surface area contributed by atoms with Gasteiger partial charge in [-0.2, -0.15) is 0 Å². The van der Waals surface area contributed by atoms with Crippen molar-refractivity contribution in [2.45, 2.75) is 32.4 Å². The van der Waals surface area contributed by atoms with Crippen LogP contribution < -0.4 is 5.32 Å². The topological polar surface area (TPSA) is 74.1 Å². The quantitative estimate of drug-likeness (QED) is 0.613. The largest absolute Gasteiger partial charge is 0.385 e. The fraction of sp³-hybridized carbons (Fsp3) is 0.917. The third-order valence-electron chi connectivity index (χ3n) is 3.65. The Hall–Kier alpha value is -1.05. The molecule has 0 radical (unpaired) electrons. The maximum atomic E-state index is 5.17. The summed E-state index contributed by atoms with van der Waals surface area (Å²) in [5.74, 6) is 0.889. The molecular formula is C12H23N5O2. The highest BCUT2D eigenvalue weighted by molar-refractivity contribution is 4.94. The summed E-state index contributed by atoms with van der Waals surface area (Å²) in [6, 6.07) is 0. The van der Waals surface area contributed by atoms with E-state index >= 15 is 0 Å². The van der Waals surface area contributed by atoms with Crippen LogP contribution in [0.2, 0.25) is 0 Å². The van der Waals surface area contributed by atoms with Gasteiger partial charge >= 0.3 is 0 Å². The van der Waals surface area contributed by atoms with E-state index in [4.69, 9.17) is 9.47 Å². The number of ether oxygens (including phenoxy) is 2. The molecule has 0 aliphatic heterocycles. The maximum Gasteiger partial charge on any atom is 0.165 e. The van der Waals surface area contributed by atoms with Crippen molar-refractivity contribution < 1.29 is 9.47 Å². The normalized spacial score (nSPS) is 16.7. The molecule has 0 aromatic carbocycles. The number of hydrogen-bond donors (Lipinski definition) is 1. The van der Waals surface area contributed by atoms with Crippen LogP contribution in [0.15, 0.2) is 0 Å². The van der Waals surface area contributed by atoms with E-state index < -0.39 is 0 Å². The summed E-state index contributed by atoms with van der Waals surface area (Å²) in [4.78, 5) is 0. The Morgan fingerprint density at radius 2 is 2.05 bits per heavy atom. The smallest absolute Gasteiger partial charge is 0.165 e. The zero-order chi connectivity index (χ0) is 13.6. The second-order valence-electron chi connectivity index (χ2n) is 5.17. The minimum atomic E-state index is 0.354. The molecule has 0 saturated heterocycles. The van der Waals surface area contributed by atoms with Gasteiger partial charge in [0.2, 0.25) is 0 Å². The van der Waals surface area contributed by atoms with Crippen LogP contribution in [0.3, 0.4) is 0 Å². The van der Waals surface area contributed by atoms with E-state index in [9.17, 15) is 0 Å². The van der Waals surface area contributed by atoms with Crippen LogP contribution in [-0.2, 0) is 22.6 Å². The molecule has 1 aliphatic carbocycles. The molecule has 1 saturated carbocycles. The lowest BCUT2D eigenvalue weighted by atomic mass is 10.0. The van der Waals surface area contributed by atoms with Crippen molar-refractivity contribution in [3.8, 4) is 0 Å². The lowest BCUT2D eigenvalue weighted by Crippen LogP contribution is -2.23. The van der Waals surface area contributed by atoms with Crippen LogP contribution in [-0.4, -0.2) is 54.2 Å². The van der Waals surface area contributed by atoms with E-state index in [0.29, 0.717) is 18.6 Å². The molecule has 1 heterocycles. The maximum absolute atomic E-state index is 5.17. The standard InChI is InChI=1S/C12H23N5O2/c1-18-7-5-12(3-4-12)10-17-11(14-15-16-17)9-13-6-8-19-2/h13H,3-10H2,1-2H3. The first kappa shape index (κ1) is 14.4. The molecule has 0 atom stereocenters. The third kappa shape index (κ3) is 4.22. The summed E-state index contributed by atoms with van der Waals surface area (Å²) < 4.78 is 12.1. The number of rotatable bonds is 10. The average Bonchev–Trinajstić information content (AvgIpc) is 3.05. The minimum absolute atomic E-state index is 0.354. The van der Waals surface area contributed by atoms with E-state index in [1.54, 1.807) is 14.2 Å². The van der Waals surface area contributed by atoms with E-state index in [0.717, 1.165) is 31.9 Å². The van der Waals surface area contributed by atoms with Gasteiger partial charge in [0, 0.05) is 27.4 Å². The van der Waals surface area contributed by atoms with Crippen molar-refractivity contribution in [1.82, 2.24) is 25.5 Å². The van der Waals surface area contributed by atoms with E-state index in [1.165, 1.54) is 12.8 Å². The summed E-state index contributed by atoms with van der Waals surface area (Å²) in [5, 5.41) is 15.2.